The van der Waals surface area contributed by atoms with E-state index in [4.69, 9.17) is 9.47 Å². The van der Waals surface area contributed by atoms with Crippen LogP contribution in [0.3, 0.4) is 0 Å². The molecule has 0 saturated heterocycles. The van der Waals surface area contributed by atoms with E-state index in [-0.39, 0.29) is 0 Å². The molecule has 0 aliphatic rings. The normalized spacial score (nSPS) is 9.80. The average molecular weight is 279 g/mol. The lowest BCUT2D eigenvalue weighted by atomic mass is 10.2. The summed E-state index contributed by atoms with van der Waals surface area (Å²) in [5, 5.41) is 6.39. The van der Waals surface area contributed by atoms with Crippen molar-refractivity contribution in [3.05, 3.63) is 23.8 Å². The van der Waals surface area contributed by atoms with Crippen molar-refractivity contribution in [2.45, 2.75) is 27.3 Å². The van der Waals surface area contributed by atoms with Gasteiger partial charge in [-0.15, -0.1) is 0 Å². The molecule has 0 spiro atoms. The van der Waals surface area contributed by atoms with Crippen LogP contribution < -0.4 is 20.1 Å². The number of hydrogen-bond acceptors (Lipinski definition) is 3. The topological polar surface area (TPSA) is 54.9 Å². The molecule has 1 aromatic carbocycles. The van der Waals surface area contributed by atoms with Gasteiger partial charge in [0.25, 0.3) is 0 Å². The summed E-state index contributed by atoms with van der Waals surface area (Å²) in [6.45, 7) is 8.96. The number of nitrogens with one attached hydrogen (secondary N) is 2. The van der Waals surface area contributed by atoms with Crippen molar-refractivity contribution in [3.63, 3.8) is 0 Å². The fraction of sp³-hybridized carbons (Fsp3) is 0.533. The Bertz CT molecular complexity index is 425. The van der Waals surface area contributed by atoms with E-state index in [1.807, 2.05) is 39.0 Å². The van der Waals surface area contributed by atoms with Crippen molar-refractivity contribution in [2.24, 2.45) is 4.99 Å². The monoisotopic (exact) mass is 279 g/mol. The van der Waals surface area contributed by atoms with Crippen LogP contribution in [0.2, 0.25) is 0 Å². The molecule has 0 bridgehead atoms. The summed E-state index contributed by atoms with van der Waals surface area (Å²) in [7, 11) is 1.65. The Balaban J connectivity index is 2.78. The van der Waals surface area contributed by atoms with Gasteiger partial charge in [-0.05, 0) is 38.5 Å². The fourth-order valence-electron chi connectivity index (χ4n) is 1.76. The molecular weight excluding hydrogens is 254 g/mol. The second kappa shape index (κ2) is 9.07. The molecule has 112 valence electrons. The van der Waals surface area contributed by atoms with Crippen LogP contribution in [-0.2, 0) is 6.54 Å². The Morgan fingerprint density at radius 2 is 1.80 bits per heavy atom. The van der Waals surface area contributed by atoms with Crippen LogP contribution >= 0.6 is 0 Å². The molecule has 0 saturated carbocycles. The zero-order chi connectivity index (χ0) is 14.8. The third kappa shape index (κ3) is 4.99. The number of hydrogen-bond donors (Lipinski definition) is 2. The molecule has 5 heteroatoms. The summed E-state index contributed by atoms with van der Waals surface area (Å²) in [5.74, 6) is 2.33. The van der Waals surface area contributed by atoms with Crippen LogP contribution in [0, 0.1) is 0 Å². The predicted octanol–water partition coefficient (Wildman–Crippen LogP) is 2.17. The average Bonchev–Trinajstić information content (AvgIpc) is 2.46. The maximum absolute atomic E-state index is 5.50. The second-order valence-corrected chi connectivity index (χ2v) is 4.14. The summed E-state index contributed by atoms with van der Waals surface area (Å²) in [6, 6.07) is 5.89. The molecular formula is C15H25N3O2. The number of ether oxygens (including phenoxy) is 2. The number of benzene rings is 1. The number of methoxy groups -OCH3 is 1. The van der Waals surface area contributed by atoms with E-state index in [2.05, 4.69) is 15.6 Å². The van der Waals surface area contributed by atoms with Crippen LogP contribution in [0.1, 0.15) is 26.3 Å². The summed E-state index contributed by atoms with van der Waals surface area (Å²) in [4.78, 5) is 4.52. The van der Waals surface area contributed by atoms with Crippen molar-refractivity contribution in [3.8, 4) is 11.5 Å². The molecule has 0 atom stereocenters. The summed E-state index contributed by atoms with van der Waals surface area (Å²) >= 11 is 0. The zero-order valence-electron chi connectivity index (χ0n) is 12.8. The van der Waals surface area contributed by atoms with E-state index in [0.717, 1.165) is 36.1 Å². The van der Waals surface area contributed by atoms with Crippen molar-refractivity contribution < 1.29 is 9.47 Å². The first kappa shape index (κ1) is 16.1. The van der Waals surface area contributed by atoms with E-state index in [9.17, 15) is 0 Å². The van der Waals surface area contributed by atoms with E-state index >= 15 is 0 Å². The summed E-state index contributed by atoms with van der Waals surface area (Å²) in [5.41, 5.74) is 1.08. The lowest BCUT2D eigenvalue weighted by Crippen LogP contribution is -2.36. The Labute approximate surface area is 121 Å². The molecule has 20 heavy (non-hydrogen) atoms. The van der Waals surface area contributed by atoms with Gasteiger partial charge in [-0.25, -0.2) is 4.99 Å². The summed E-state index contributed by atoms with van der Waals surface area (Å²) < 4.78 is 10.8. The van der Waals surface area contributed by atoms with Gasteiger partial charge in [0, 0.05) is 13.1 Å². The van der Waals surface area contributed by atoms with Crippen molar-refractivity contribution in [1.29, 1.82) is 0 Å². The largest absolute Gasteiger partial charge is 0.493 e. The van der Waals surface area contributed by atoms with Crippen LogP contribution in [0.15, 0.2) is 23.2 Å². The fourth-order valence-corrected chi connectivity index (χ4v) is 1.76. The van der Waals surface area contributed by atoms with Gasteiger partial charge in [-0.2, -0.15) is 0 Å². The summed E-state index contributed by atoms with van der Waals surface area (Å²) in [6.07, 6.45) is 0. The van der Waals surface area contributed by atoms with Crippen LogP contribution in [-0.4, -0.2) is 32.8 Å². The zero-order valence-corrected chi connectivity index (χ0v) is 12.8. The minimum atomic E-state index is 0.595. The van der Waals surface area contributed by atoms with Gasteiger partial charge in [0.1, 0.15) is 0 Å². The third-order valence-corrected chi connectivity index (χ3v) is 2.64. The molecule has 0 fully saturated rings. The Hall–Kier alpha value is -1.91. The minimum Gasteiger partial charge on any atom is -0.493 e. The van der Waals surface area contributed by atoms with Gasteiger partial charge in [0.05, 0.1) is 20.3 Å². The SMILES string of the molecule is CCNC(=NCc1ccc(OCC)c(OC)c1)NCC. The molecule has 1 rings (SSSR count). The Kier molecular flexibility index (Phi) is 7.32. The van der Waals surface area contributed by atoms with Gasteiger partial charge in [0.15, 0.2) is 17.5 Å². The lowest BCUT2D eigenvalue weighted by Gasteiger charge is -2.11. The standard InChI is InChI=1S/C15H25N3O2/c1-5-16-15(17-6-2)18-11-12-8-9-13(20-7-3)14(10-12)19-4/h8-10H,5-7,11H2,1-4H3,(H2,16,17,18). The Morgan fingerprint density at radius 3 is 2.35 bits per heavy atom. The first-order valence-electron chi connectivity index (χ1n) is 7.07. The minimum absolute atomic E-state index is 0.595. The van der Waals surface area contributed by atoms with Crippen molar-refractivity contribution >= 4 is 5.96 Å². The molecule has 5 nitrogen and oxygen atoms in total. The van der Waals surface area contributed by atoms with Crippen LogP contribution in [0.25, 0.3) is 0 Å². The molecule has 0 aromatic heterocycles. The number of rotatable bonds is 7. The van der Waals surface area contributed by atoms with Crippen molar-refractivity contribution in [2.75, 3.05) is 26.8 Å². The predicted molar refractivity (Wildman–Crippen MR) is 82.7 cm³/mol. The molecule has 0 unspecified atom stereocenters. The molecule has 0 radical (unpaired) electrons. The highest BCUT2D eigenvalue weighted by Gasteiger charge is 2.05. The number of nitrogens with zero attached hydrogens (tertiary/aromatic N) is 1. The van der Waals surface area contributed by atoms with E-state index in [1.165, 1.54) is 0 Å². The number of guanidine groups is 1. The highest BCUT2D eigenvalue weighted by Crippen LogP contribution is 2.28. The smallest absolute Gasteiger partial charge is 0.191 e. The van der Waals surface area contributed by atoms with Crippen molar-refractivity contribution in [1.82, 2.24) is 10.6 Å². The molecule has 0 heterocycles. The van der Waals surface area contributed by atoms with Gasteiger partial charge in [-0.3, -0.25) is 0 Å². The van der Waals surface area contributed by atoms with Crippen LogP contribution in [0.4, 0.5) is 0 Å². The maximum atomic E-state index is 5.50. The molecule has 2 N–H and O–H groups in total. The first-order valence-corrected chi connectivity index (χ1v) is 7.07. The molecule has 1 aromatic rings. The van der Waals surface area contributed by atoms with Gasteiger partial charge in [-0.1, -0.05) is 6.07 Å². The van der Waals surface area contributed by atoms with E-state index in [1.54, 1.807) is 7.11 Å². The molecule has 0 amide bonds. The maximum Gasteiger partial charge on any atom is 0.191 e. The second-order valence-electron chi connectivity index (χ2n) is 4.14. The molecule has 0 aliphatic heterocycles. The first-order chi connectivity index (χ1) is 9.74. The van der Waals surface area contributed by atoms with Crippen LogP contribution in [0.5, 0.6) is 11.5 Å². The van der Waals surface area contributed by atoms with Gasteiger partial charge in [0.2, 0.25) is 0 Å². The lowest BCUT2D eigenvalue weighted by molar-refractivity contribution is 0.310. The number of aliphatic imine (C=N–C) groups is 1. The van der Waals surface area contributed by atoms with E-state index < -0.39 is 0 Å². The quantitative estimate of drug-likeness (QED) is 0.593. The Morgan fingerprint density at radius 1 is 1.10 bits per heavy atom. The van der Waals surface area contributed by atoms with E-state index in [0.29, 0.717) is 13.2 Å². The van der Waals surface area contributed by atoms with Gasteiger partial charge >= 0.3 is 0 Å². The third-order valence-electron chi connectivity index (χ3n) is 2.64. The molecule has 0 aliphatic carbocycles. The highest BCUT2D eigenvalue weighted by molar-refractivity contribution is 5.79. The van der Waals surface area contributed by atoms with Gasteiger partial charge < -0.3 is 20.1 Å². The highest BCUT2D eigenvalue weighted by atomic mass is 16.5.